The minimum Gasteiger partial charge on any atom is -0.494 e. The summed E-state index contributed by atoms with van der Waals surface area (Å²) < 4.78 is 75.7. The van der Waals surface area contributed by atoms with Crippen molar-refractivity contribution in [3.8, 4) is 5.75 Å². The number of rotatable bonds is 2. The highest BCUT2D eigenvalue weighted by molar-refractivity contribution is 7.86. The van der Waals surface area contributed by atoms with E-state index in [1.54, 1.807) is 13.2 Å². The summed E-state index contributed by atoms with van der Waals surface area (Å²) >= 11 is 0. The van der Waals surface area contributed by atoms with E-state index in [-0.39, 0.29) is 5.82 Å². The fourth-order valence-corrected chi connectivity index (χ4v) is 1.82. The Morgan fingerprint density at radius 3 is 2.22 bits per heavy atom. The first-order valence-electron chi connectivity index (χ1n) is 6.39. The van der Waals surface area contributed by atoms with Crippen molar-refractivity contribution in [3.05, 3.63) is 24.0 Å². The highest BCUT2D eigenvalue weighted by Gasteiger charge is 2.44. The number of hydrogen-bond donors (Lipinski definition) is 2. The van der Waals surface area contributed by atoms with Gasteiger partial charge in [-0.15, -0.1) is 0 Å². The van der Waals surface area contributed by atoms with Gasteiger partial charge in [0.05, 0.1) is 12.8 Å². The van der Waals surface area contributed by atoms with Crippen molar-refractivity contribution in [1.82, 2.24) is 5.32 Å². The largest absolute Gasteiger partial charge is 0.522 e. The number of nitrogens with zero attached hydrogens (tertiary/aromatic N) is 1. The Hall–Kier alpha value is -1.59. The molecule has 0 bridgehead atoms. The molecule has 2 N–H and O–H groups in total. The fourth-order valence-electron chi connectivity index (χ4n) is 1.82. The standard InChI is InChI=1S/C11H15FN2O.CHF3O3S/c1-15-11-8-9(12)2-3-10(11)14-6-4-13-5-7-14;2-1(3,4)8(5,6)7/h2-3,8,13H,4-7H2,1H3;(H,5,6,7). The third-order valence-corrected chi connectivity index (χ3v) is 3.48. The van der Waals surface area contributed by atoms with Gasteiger partial charge in [0.1, 0.15) is 11.6 Å². The van der Waals surface area contributed by atoms with E-state index < -0.39 is 15.6 Å². The van der Waals surface area contributed by atoms with Crippen molar-refractivity contribution in [3.63, 3.8) is 0 Å². The van der Waals surface area contributed by atoms with E-state index in [1.807, 2.05) is 0 Å². The van der Waals surface area contributed by atoms with Crippen LogP contribution >= 0.6 is 0 Å². The molecule has 0 aliphatic carbocycles. The second-order valence-electron chi connectivity index (χ2n) is 4.47. The van der Waals surface area contributed by atoms with Crippen LogP contribution in [0.1, 0.15) is 0 Å². The smallest absolute Gasteiger partial charge is 0.494 e. The van der Waals surface area contributed by atoms with Crippen molar-refractivity contribution in [1.29, 1.82) is 0 Å². The number of hydrogen-bond acceptors (Lipinski definition) is 5. The first-order chi connectivity index (χ1) is 10.6. The maximum Gasteiger partial charge on any atom is 0.522 e. The van der Waals surface area contributed by atoms with Crippen molar-refractivity contribution in [2.24, 2.45) is 0 Å². The molecule has 6 nitrogen and oxygen atoms in total. The van der Waals surface area contributed by atoms with E-state index in [1.165, 1.54) is 12.1 Å². The molecule has 0 unspecified atom stereocenters. The maximum absolute atomic E-state index is 13.0. The Balaban J connectivity index is 0.000000284. The number of alkyl halides is 3. The average Bonchev–Trinajstić information content (AvgIpc) is 2.46. The molecule has 1 fully saturated rings. The molecular weight excluding hydrogens is 344 g/mol. The zero-order valence-corrected chi connectivity index (χ0v) is 12.9. The number of anilines is 1. The molecule has 1 aliphatic heterocycles. The molecule has 1 aromatic rings. The lowest BCUT2D eigenvalue weighted by atomic mass is 10.2. The molecule has 0 amide bonds. The molecule has 1 saturated heterocycles. The minimum absolute atomic E-state index is 0.259. The Bertz CT molecular complexity index is 616. The van der Waals surface area contributed by atoms with E-state index in [4.69, 9.17) is 17.7 Å². The van der Waals surface area contributed by atoms with Crippen molar-refractivity contribution >= 4 is 15.8 Å². The van der Waals surface area contributed by atoms with E-state index in [0.29, 0.717) is 5.75 Å². The van der Waals surface area contributed by atoms with Crippen LogP contribution in [0.25, 0.3) is 0 Å². The van der Waals surface area contributed by atoms with Gasteiger partial charge in [0.15, 0.2) is 0 Å². The molecule has 132 valence electrons. The predicted octanol–water partition coefficient (Wildman–Crippen LogP) is 1.64. The first kappa shape index (κ1) is 19.5. The van der Waals surface area contributed by atoms with Gasteiger partial charge < -0.3 is 15.0 Å². The van der Waals surface area contributed by atoms with Gasteiger partial charge in [-0.3, -0.25) is 4.55 Å². The van der Waals surface area contributed by atoms with Gasteiger partial charge in [0.2, 0.25) is 0 Å². The van der Waals surface area contributed by atoms with E-state index in [2.05, 4.69) is 10.2 Å². The van der Waals surface area contributed by atoms with Crippen LogP contribution in [0.5, 0.6) is 5.75 Å². The van der Waals surface area contributed by atoms with Crippen LogP contribution < -0.4 is 15.0 Å². The Morgan fingerprint density at radius 2 is 1.78 bits per heavy atom. The Morgan fingerprint density at radius 1 is 1.26 bits per heavy atom. The number of nitrogens with one attached hydrogen (secondary N) is 1. The molecule has 0 aromatic heterocycles. The van der Waals surface area contributed by atoms with Gasteiger partial charge in [0, 0.05) is 32.2 Å². The summed E-state index contributed by atoms with van der Waals surface area (Å²) in [6.07, 6.45) is 0. The summed E-state index contributed by atoms with van der Waals surface area (Å²) in [5.74, 6) is 0.350. The highest BCUT2D eigenvalue weighted by Crippen LogP contribution is 2.28. The molecule has 1 aliphatic rings. The molecule has 1 aromatic carbocycles. The number of piperazine rings is 1. The quantitative estimate of drug-likeness (QED) is 0.474. The Kier molecular flexibility index (Phi) is 6.59. The van der Waals surface area contributed by atoms with Crippen molar-refractivity contribution in [2.75, 3.05) is 38.2 Å². The fraction of sp³-hybridized carbons (Fsp3) is 0.500. The van der Waals surface area contributed by atoms with Crippen LogP contribution in [0.2, 0.25) is 0 Å². The second kappa shape index (κ2) is 7.79. The summed E-state index contributed by atoms with van der Waals surface area (Å²) in [7, 11) is -4.27. The summed E-state index contributed by atoms with van der Waals surface area (Å²) in [5.41, 5.74) is -4.56. The Labute approximate surface area is 130 Å². The molecule has 11 heteroatoms. The van der Waals surface area contributed by atoms with E-state index >= 15 is 0 Å². The lowest BCUT2D eigenvalue weighted by Gasteiger charge is -2.30. The van der Waals surface area contributed by atoms with E-state index in [9.17, 15) is 17.6 Å². The van der Waals surface area contributed by atoms with Gasteiger partial charge in [-0.25, -0.2) is 4.39 Å². The van der Waals surface area contributed by atoms with Crippen LogP contribution in [-0.4, -0.2) is 51.8 Å². The van der Waals surface area contributed by atoms with Gasteiger partial charge in [0.25, 0.3) is 0 Å². The third kappa shape index (κ3) is 5.84. The normalized spacial score (nSPS) is 15.7. The zero-order chi connectivity index (χ0) is 17.7. The first-order valence-corrected chi connectivity index (χ1v) is 7.83. The lowest BCUT2D eigenvalue weighted by molar-refractivity contribution is -0.0510. The summed E-state index contributed by atoms with van der Waals surface area (Å²) in [5, 5.41) is 3.28. The molecule has 0 atom stereocenters. The van der Waals surface area contributed by atoms with Crippen LogP contribution in [0.3, 0.4) is 0 Å². The number of methoxy groups -OCH3 is 1. The third-order valence-electron chi connectivity index (χ3n) is 2.89. The molecule has 1 heterocycles. The van der Waals surface area contributed by atoms with Gasteiger partial charge in [-0.05, 0) is 12.1 Å². The van der Waals surface area contributed by atoms with Gasteiger partial charge >= 0.3 is 15.6 Å². The zero-order valence-electron chi connectivity index (χ0n) is 12.1. The summed E-state index contributed by atoms with van der Waals surface area (Å²) in [6, 6.07) is 4.68. The van der Waals surface area contributed by atoms with Gasteiger partial charge in [-0.1, -0.05) is 0 Å². The van der Waals surface area contributed by atoms with Gasteiger partial charge in [-0.2, -0.15) is 21.6 Å². The second-order valence-corrected chi connectivity index (χ2v) is 5.89. The van der Waals surface area contributed by atoms with Crippen molar-refractivity contribution < 1.29 is 35.3 Å². The SMILES string of the molecule is COc1cc(F)ccc1N1CCNCC1.O=S(=O)(O)C(F)(F)F. The van der Waals surface area contributed by atoms with Crippen molar-refractivity contribution in [2.45, 2.75) is 5.51 Å². The number of halogens is 4. The number of benzene rings is 1. The average molecular weight is 360 g/mol. The summed E-state index contributed by atoms with van der Waals surface area (Å²) in [4.78, 5) is 2.20. The number of ether oxygens (including phenoxy) is 1. The van der Waals surface area contributed by atoms with Crippen LogP contribution in [0, 0.1) is 5.82 Å². The molecule has 0 spiro atoms. The van der Waals surface area contributed by atoms with Crippen LogP contribution in [-0.2, 0) is 10.1 Å². The maximum atomic E-state index is 13.0. The van der Waals surface area contributed by atoms with Crippen LogP contribution in [0.15, 0.2) is 18.2 Å². The highest BCUT2D eigenvalue weighted by atomic mass is 32.2. The van der Waals surface area contributed by atoms with E-state index in [0.717, 1.165) is 31.9 Å². The van der Waals surface area contributed by atoms with Crippen LogP contribution in [0.4, 0.5) is 23.2 Å². The predicted molar refractivity (Wildman–Crippen MR) is 75.6 cm³/mol. The minimum atomic E-state index is -5.84. The summed E-state index contributed by atoms with van der Waals surface area (Å²) in [6.45, 7) is 3.78. The molecule has 0 saturated carbocycles. The monoisotopic (exact) mass is 360 g/mol. The molecule has 2 rings (SSSR count). The lowest BCUT2D eigenvalue weighted by Crippen LogP contribution is -2.43. The molecule has 0 radical (unpaired) electrons. The molecule has 23 heavy (non-hydrogen) atoms. The topological polar surface area (TPSA) is 78.9 Å². The molecular formula is C12H16F4N2O4S.